The van der Waals surface area contributed by atoms with E-state index in [0.29, 0.717) is 5.56 Å². The predicted molar refractivity (Wildman–Crippen MR) is 53.4 cm³/mol. The Bertz CT molecular complexity index is 286. The van der Waals surface area contributed by atoms with Crippen molar-refractivity contribution in [2.45, 2.75) is 24.8 Å². The molecule has 0 fully saturated rings. The first-order valence-electron chi connectivity index (χ1n) is 4.26. The molecule has 1 aromatic rings. The molecule has 0 unspecified atom stereocenters. The Kier molecular flexibility index (Phi) is 3.75. The average Bonchev–Trinajstić information content (AvgIpc) is 2.04. The van der Waals surface area contributed by atoms with Gasteiger partial charge in [-0.1, -0.05) is 13.0 Å². The van der Waals surface area contributed by atoms with Crippen LogP contribution in [0.5, 0.6) is 0 Å². The molecule has 0 amide bonds. The van der Waals surface area contributed by atoms with Crippen LogP contribution in [-0.2, 0) is 0 Å². The van der Waals surface area contributed by atoms with Crippen LogP contribution in [0.1, 0.15) is 25.5 Å². The SMILES string of the molecule is CCSc1cccc(F)c1[C@H](C)O. The van der Waals surface area contributed by atoms with Crippen LogP contribution in [0.3, 0.4) is 0 Å². The molecule has 1 atom stereocenters. The van der Waals surface area contributed by atoms with E-state index < -0.39 is 6.10 Å². The third kappa shape index (κ3) is 2.45. The van der Waals surface area contributed by atoms with Gasteiger partial charge in [-0.2, -0.15) is 0 Å². The molecule has 0 bridgehead atoms. The lowest BCUT2D eigenvalue weighted by molar-refractivity contribution is 0.191. The Labute approximate surface area is 82.0 Å². The van der Waals surface area contributed by atoms with Gasteiger partial charge in [0.25, 0.3) is 0 Å². The molecule has 0 aliphatic carbocycles. The number of hydrogen-bond donors (Lipinski definition) is 1. The Morgan fingerprint density at radius 2 is 2.23 bits per heavy atom. The van der Waals surface area contributed by atoms with Gasteiger partial charge < -0.3 is 5.11 Å². The van der Waals surface area contributed by atoms with E-state index in [1.54, 1.807) is 24.8 Å². The molecule has 3 heteroatoms. The summed E-state index contributed by atoms with van der Waals surface area (Å²) in [7, 11) is 0. The Balaban J connectivity index is 3.10. The normalized spacial score (nSPS) is 12.9. The van der Waals surface area contributed by atoms with E-state index in [0.717, 1.165) is 10.6 Å². The van der Waals surface area contributed by atoms with Gasteiger partial charge in [-0.25, -0.2) is 4.39 Å². The second kappa shape index (κ2) is 4.63. The van der Waals surface area contributed by atoms with E-state index in [4.69, 9.17) is 0 Å². The van der Waals surface area contributed by atoms with E-state index in [1.165, 1.54) is 6.07 Å². The minimum Gasteiger partial charge on any atom is -0.389 e. The maximum Gasteiger partial charge on any atom is 0.130 e. The monoisotopic (exact) mass is 200 g/mol. The maximum atomic E-state index is 13.3. The molecule has 0 spiro atoms. The van der Waals surface area contributed by atoms with Gasteiger partial charge in [0.05, 0.1) is 6.10 Å². The minimum absolute atomic E-state index is 0.326. The van der Waals surface area contributed by atoms with Crippen LogP contribution in [0.25, 0.3) is 0 Å². The summed E-state index contributed by atoms with van der Waals surface area (Å²) >= 11 is 1.54. The highest BCUT2D eigenvalue weighted by Crippen LogP contribution is 2.29. The van der Waals surface area contributed by atoms with Crippen LogP contribution in [0.15, 0.2) is 23.1 Å². The molecule has 1 nitrogen and oxygen atoms in total. The first-order chi connectivity index (χ1) is 6.16. The van der Waals surface area contributed by atoms with Crippen molar-refractivity contribution in [3.05, 3.63) is 29.6 Å². The zero-order valence-electron chi connectivity index (χ0n) is 7.75. The fraction of sp³-hybridized carbons (Fsp3) is 0.400. The summed E-state index contributed by atoms with van der Waals surface area (Å²) in [5, 5.41) is 9.36. The molecule has 13 heavy (non-hydrogen) atoms. The highest BCUT2D eigenvalue weighted by Gasteiger charge is 2.12. The molecule has 0 saturated heterocycles. The highest BCUT2D eigenvalue weighted by atomic mass is 32.2. The maximum absolute atomic E-state index is 13.3. The third-order valence-electron chi connectivity index (χ3n) is 1.73. The van der Waals surface area contributed by atoms with Gasteiger partial charge in [0.15, 0.2) is 0 Å². The smallest absolute Gasteiger partial charge is 0.130 e. The van der Waals surface area contributed by atoms with Gasteiger partial charge >= 0.3 is 0 Å². The molecule has 0 saturated carbocycles. The van der Waals surface area contributed by atoms with Crippen LogP contribution in [0.4, 0.5) is 4.39 Å². The van der Waals surface area contributed by atoms with Crippen molar-refractivity contribution in [2.24, 2.45) is 0 Å². The number of halogens is 1. The summed E-state index contributed by atoms with van der Waals surface area (Å²) in [6, 6.07) is 4.88. The molecule has 0 radical (unpaired) electrons. The zero-order valence-corrected chi connectivity index (χ0v) is 8.57. The van der Waals surface area contributed by atoms with Crippen molar-refractivity contribution in [1.29, 1.82) is 0 Å². The Hall–Kier alpha value is -0.540. The van der Waals surface area contributed by atoms with Crippen molar-refractivity contribution in [3.63, 3.8) is 0 Å². The summed E-state index contributed by atoms with van der Waals surface area (Å²) in [4.78, 5) is 0.831. The summed E-state index contributed by atoms with van der Waals surface area (Å²) < 4.78 is 13.3. The van der Waals surface area contributed by atoms with E-state index >= 15 is 0 Å². The number of aliphatic hydroxyl groups is 1. The lowest BCUT2D eigenvalue weighted by Crippen LogP contribution is -1.98. The van der Waals surface area contributed by atoms with Crippen LogP contribution < -0.4 is 0 Å². The molecule has 0 aliphatic rings. The second-order valence-electron chi connectivity index (χ2n) is 2.76. The van der Waals surface area contributed by atoms with E-state index in [2.05, 4.69) is 0 Å². The number of hydrogen-bond acceptors (Lipinski definition) is 2. The van der Waals surface area contributed by atoms with E-state index in [9.17, 15) is 9.50 Å². The molecule has 0 aromatic heterocycles. The molecular formula is C10H13FOS. The Morgan fingerprint density at radius 1 is 1.54 bits per heavy atom. The van der Waals surface area contributed by atoms with Crippen molar-refractivity contribution in [1.82, 2.24) is 0 Å². The van der Waals surface area contributed by atoms with Gasteiger partial charge in [0, 0.05) is 10.5 Å². The van der Waals surface area contributed by atoms with Gasteiger partial charge in [-0.15, -0.1) is 11.8 Å². The van der Waals surface area contributed by atoms with Crippen molar-refractivity contribution in [2.75, 3.05) is 5.75 Å². The number of aliphatic hydroxyl groups excluding tert-OH is 1. The van der Waals surface area contributed by atoms with Crippen LogP contribution in [0.2, 0.25) is 0 Å². The highest BCUT2D eigenvalue weighted by molar-refractivity contribution is 7.99. The first-order valence-corrected chi connectivity index (χ1v) is 5.24. The lowest BCUT2D eigenvalue weighted by Gasteiger charge is -2.11. The predicted octanol–water partition coefficient (Wildman–Crippen LogP) is 2.99. The van der Waals surface area contributed by atoms with Crippen LogP contribution in [0, 0.1) is 5.82 Å². The number of benzene rings is 1. The summed E-state index contributed by atoms with van der Waals surface area (Å²) in [5.74, 6) is 0.553. The Morgan fingerprint density at radius 3 is 2.77 bits per heavy atom. The molecule has 0 heterocycles. The van der Waals surface area contributed by atoms with Crippen LogP contribution >= 0.6 is 11.8 Å². The first kappa shape index (κ1) is 10.5. The average molecular weight is 200 g/mol. The number of thioether (sulfide) groups is 1. The second-order valence-corrected chi connectivity index (χ2v) is 4.07. The largest absolute Gasteiger partial charge is 0.389 e. The van der Waals surface area contributed by atoms with Gasteiger partial charge in [0.2, 0.25) is 0 Å². The van der Waals surface area contributed by atoms with Gasteiger partial charge in [-0.05, 0) is 24.8 Å². The standard InChI is InChI=1S/C10H13FOS/c1-3-13-9-6-4-5-8(11)10(9)7(2)12/h4-7,12H,3H2,1-2H3/t7-/m0/s1. The van der Waals surface area contributed by atoms with Crippen molar-refractivity contribution < 1.29 is 9.50 Å². The summed E-state index contributed by atoms with van der Waals surface area (Å²) in [6.07, 6.45) is -0.741. The van der Waals surface area contributed by atoms with E-state index in [-0.39, 0.29) is 5.82 Å². The van der Waals surface area contributed by atoms with Crippen molar-refractivity contribution in [3.8, 4) is 0 Å². The zero-order chi connectivity index (χ0) is 9.84. The topological polar surface area (TPSA) is 20.2 Å². The van der Waals surface area contributed by atoms with E-state index in [1.807, 2.05) is 13.0 Å². The fourth-order valence-corrected chi connectivity index (χ4v) is 2.11. The minimum atomic E-state index is -0.741. The quantitative estimate of drug-likeness (QED) is 0.757. The van der Waals surface area contributed by atoms with Crippen molar-refractivity contribution >= 4 is 11.8 Å². The molecule has 1 rings (SSSR count). The molecule has 1 N–H and O–H groups in total. The third-order valence-corrected chi connectivity index (χ3v) is 2.69. The van der Waals surface area contributed by atoms with Gasteiger partial charge in [-0.3, -0.25) is 0 Å². The number of rotatable bonds is 3. The van der Waals surface area contributed by atoms with Gasteiger partial charge in [0.1, 0.15) is 5.82 Å². The molecule has 72 valence electrons. The fourth-order valence-electron chi connectivity index (χ4n) is 1.20. The van der Waals surface area contributed by atoms with Crippen LogP contribution in [-0.4, -0.2) is 10.9 Å². The summed E-state index contributed by atoms with van der Waals surface area (Å²) in [6.45, 7) is 3.58. The lowest BCUT2D eigenvalue weighted by atomic mass is 10.1. The molecule has 0 aliphatic heterocycles. The molecule has 1 aromatic carbocycles. The summed E-state index contributed by atoms with van der Waals surface area (Å²) in [5.41, 5.74) is 0.411. The molecular weight excluding hydrogens is 187 g/mol.